The van der Waals surface area contributed by atoms with Gasteiger partial charge in [0.15, 0.2) is 6.10 Å². The number of hydrogen-bond acceptors (Lipinski definition) is 10. The van der Waals surface area contributed by atoms with Gasteiger partial charge in [0.05, 0.1) is 19.8 Å². The van der Waals surface area contributed by atoms with Crippen LogP contribution in [-0.4, -0.2) is 66.5 Å². The highest BCUT2D eigenvalue weighted by Crippen LogP contribution is 2.43. The first kappa shape index (κ1) is 64.7. The molecule has 0 heterocycles. The molecular formula is C56H95O11P. The van der Waals surface area contributed by atoms with Gasteiger partial charge >= 0.3 is 25.7 Å². The van der Waals surface area contributed by atoms with Gasteiger partial charge in [-0.15, -0.1) is 0 Å². The van der Waals surface area contributed by atoms with Crippen LogP contribution in [0.15, 0.2) is 85.1 Å². The molecule has 11 nitrogen and oxygen atoms in total. The van der Waals surface area contributed by atoms with Gasteiger partial charge < -0.3 is 24.2 Å². The van der Waals surface area contributed by atoms with Gasteiger partial charge in [-0.1, -0.05) is 202 Å². The van der Waals surface area contributed by atoms with Crippen molar-refractivity contribution in [3.05, 3.63) is 85.1 Å². The van der Waals surface area contributed by atoms with E-state index in [1.165, 1.54) is 57.8 Å². The third kappa shape index (κ3) is 47.7. The lowest BCUT2D eigenvalue weighted by Crippen LogP contribution is -2.30. The zero-order valence-electron chi connectivity index (χ0n) is 42.8. The maximum atomic E-state index is 12.8. The van der Waals surface area contributed by atoms with Crippen molar-refractivity contribution in [3.8, 4) is 0 Å². The van der Waals surface area contributed by atoms with Gasteiger partial charge in [-0.25, -0.2) is 4.57 Å². The van der Waals surface area contributed by atoms with Gasteiger partial charge in [-0.05, 0) is 77.0 Å². The van der Waals surface area contributed by atoms with Crippen molar-refractivity contribution in [1.82, 2.24) is 0 Å². The highest BCUT2D eigenvalue weighted by molar-refractivity contribution is 7.47. The number of hydrogen-bond donors (Lipinski definition) is 2. The minimum atomic E-state index is -4.76. The molecule has 390 valence electrons. The Morgan fingerprint density at radius 3 is 1.28 bits per heavy atom. The molecular weight excluding hydrogens is 880 g/mol. The molecule has 2 N–H and O–H groups in total. The van der Waals surface area contributed by atoms with Crippen molar-refractivity contribution < 1.29 is 52.2 Å². The Kier molecular flexibility index (Phi) is 47.6. The molecule has 0 spiro atoms. The van der Waals surface area contributed by atoms with Crippen LogP contribution < -0.4 is 0 Å². The van der Waals surface area contributed by atoms with Crippen molar-refractivity contribution in [2.24, 2.45) is 0 Å². The van der Waals surface area contributed by atoms with Gasteiger partial charge in [0.25, 0.3) is 0 Å². The van der Waals surface area contributed by atoms with Crippen LogP contribution in [-0.2, 0) is 42.2 Å². The van der Waals surface area contributed by atoms with Gasteiger partial charge in [0.1, 0.15) is 12.7 Å². The van der Waals surface area contributed by atoms with E-state index in [9.17, 15) is 28.9 Å². The number of aliphatic hydroxyl groups excluding tert-OH is 1. The van der Waals surface area contributed by atoms with Crippen LogP contribution in [0.3, 0.4) is 0 Å². The second-order valence-electron chi connectivity index (χ2n) is 17.3. The van der Waals surface area contributed by atoms with Gasteiger partial charge in [-0.2, -0.15) is 0 Å². The van der Waals surface area contributed by atoms with Crippen molar-refractivity contribution in [1.29, 1.82) is 0 Å². The Hall–Kier alpha value is -3.34. The average molecular weight is 975 g/mol. The predicted molar refractivity (Wildman–Crippen MR) is 279 cm³/mol. The van der Waals surface area contributed by atoms with Crippen LogP contribution in [0, 0.1) is 0 Å². The normalized spacial score (nSPS) is 14.1. The van der Waals surface area contributed by atoms with Crippen molar-refractivity contribution in [2.75, 3.05) is 26.4 Å². The molecule has 3 unspecified atom stereocenters. The number of allylic oxidation sites excluding steroid dienone is 14. The van der Waals surface area contributed by atoms with E-state index in [-0.39, 0.29) is 25.9 Å². The smallest absolute Gasteiger partial charge is 0.462 e. The molecule has 3 atom stereocenters. The summed E-state index contributed by atoms with van der Waals surface area (Å²) < 4.78 is 39.2. The molecule has 0 aliphatic rings. The topological polar surface area (TPSA) is 155 Å². The highest BCUT2D eigenvalue weighted by atomic mass is 31.2. The quantitative estimate of drug-likeness (QED) is 0.0197. The van der Waals surface area contributed by atoms with Crippen LogP contribution in [0.5, 0.6) is 0 Å². The summed E-state index contributed by atoms with van der Waals surface area (Å²) in [6.07, 6.45) is 55.7. The lowest BCUT2D eigenvalue weighted by molar-refractivity contribution is -0.161. The number of phosphoric acid groups is 1. The first-order chi connectivity index (χ1) is 33.2. The number of phosphoric ester groups is 1. The maximum absolute atomic E-state index is 12.8. The predicted octanol–water partition coefficient (Wildman–Crippen LogP) is 15.1. The summed E-state index contributed by atoms with van der Waals surface area (Å²) in [4.78, 5) is 48.2. The highest BCUT2D eigenvalue weighted by Gasteiger charge is 2.28. The summed E-state index contributed by atoms with van der Waals surface area (Å²) in [6.45, 7) is 4.37. The van der Waals surface area contributed by atoms with Gasteiger partial charge in [0, 0.05) is 19.3 Å². The minimum Gasteiger partial charge on any atom is -0.462 e. The van der Waals surface area contributed by atoms with Gasteiger partial charge in [0.2, 0.25) is 0 Å². The Bertz CT molecular complexity index is 1460. The summed E-state index contributed by atoms with van der Waals surface area (Å²) in [7, 11) is -4.76. The van der Waals surface area contributed by atoms with E-state index in [1.807, 2.05) is 12.2 Å². The van der Waals surface area contributed by atoms with Crippen LogP contribution in [0.25, 0.3) is 0 Å². The summed E-state index contributed by atoms with van der Waals surface area (Å²) in [6, 6.07) is 0. The Labute approximate surface area is 413 Å². The summed E-state index contributed by atoms with van der Waals surface area (Å²) >= 11 is 0. The lowest BCUT2D eigenvalue weighted by atomic mass is 10.1. The number of carbonyl (C=O) groups is 3. The Morgan fingerprint density at radius 1 is 0.426 bits per heavy atom. The van der Waals surface area contributed by atoms with Crippen LogP contribution in [0.4, 0.5) is 0 Å². The molecule has 68 heavy (non-hydrogen) atoms. The molecule has 0 bridgehead atoms. The number of aliphatic hydroxyl groups is 1. The largest absolute Gasteiger partial charge is 0.472 e. The monoisotopic (exact) mass is 975 g/mol. The average Bonchev–Trinajstić information content (AvgIpc) is 3.32. The lowest BCUT2D eigenvalue weighted by Gasteiger charge is -2.21. The molecule has 0 saturated heterocycles. The third-order valence-electron chi connectivity index (χ3n) is 10.8. The Morgan fingerprint density at radius 2 is 0.809 bits per heavy atom. The molecule has 0 rings (SSSR count). The van der Waals surface area contributed by atoms with Crippen molar-refractivity contribution in [2.45, 2.75) is 226 Å². The second-order valence-corrected chi connectivity index (χ2v) is 18.8. The first-order valence-corrected chi connectivity index (χ1v) is 28.0. The second kappa shape index (κ2) is 50.1. The fraction of sp³-hybridized carbons (Fsp3) is 0.696. The molecule has 0 aromatic rings. The molecule has 0 saturated carbocycles. The number of carbonyl (C=O) groups excluding carboxylic acids is 3. The molecule has 0 amide bonds. The van der Waals surface area contributed by atoms with E-state index < -0.39 is 57.8 Å². The van der Waals surface area contributed by atoms with Crippen LogP contribution in [0.1, 0.15) is 213 Å². The molecule has 0 fully saturated rings. The first-order valence-electron chi connectivity index (χ1n) is 26.5. The van der Waals surface area contributed by atoms with Crippen molar-refractivity contribution in [3.63, 3.8) is 0 Å². The fourth-order valence-electron chi connectivity index (χ4n) is 6.77. The summed E-state index contributed by atoms with van der Waals surface area (Å²) in [5.41, 5.74) is 0. The molecule has 0 radical (unpaired) electrons. The third-order valence-corrected chi connectivity index (χ3v) is 11.8. The summed E-state index contributed by atoms with van der Waals surface area (Å²) in [5.74, 6) is -1.58. The molecule has 0 aromatic heterocycles. The van der Waals surface area contributed by atoms with E-state index in [0.29, 0.717) is 19.3 Å². The number of unbranched alkanes of at least 4 members (excludes halogenated alkanes) is 17. The molecule has 0 aliphatic heterocycles. The molecule has 0 aliphatic carbocycles. The van der Waals surface area contributed by atoms with Gasteiger partial charge in [-0.3, -0.25) is 23.4 Å². The number of rotatable bonds is 48. The number of ether oxygens (including phenoxy) is 3. The van der Waals surface area contributed by atoms with E-state index >= 15 is 0 Å². The zero-order valence-corrected chi connectivity index (χ0v) is 43.7. The SMILES string of the molecule is CC/C=C\C/C=C\C/C=C\C/C=C\C/C=C\C/C=C\CCC(=O)OCC(COP(=O)(O)OCC(CO)OC(=O)CCCCCCCCCCCCC)OC(=O)CCCCCCC/C=C\CCCC. The zero-order chi connectivity index (χ0) is 49.9. The minimum absolute atomic E-state index is 0.0976. The van der Waals surface area contributed by atoms with E-state index in [2.05, 4.69) is 93.7 Å². The Balaban J connectivity index is 4.82. The number of esters is 3. The fourth-order valence-corrected chi connectivity index (χ4v) is 7.56. The van der Waals surface area contributed by atoms with Crippen molar-refractivity contribution >= 4 is 25.7 Å². The van der Waals surface area contributed by atoms with E-state index in [0.717, 1.165) is 96.3 Å². The standard InChI is InChI=1S/C56H95O11P/c1-4-7-10-13-16-19-22-23-24-25-26-27-28-29-32-33-36-39-42-45-54(58)63-49-53(67-56(60)47-44-41-38-35-31-21-18-15-12-9-6-3)51-65-68(61,62)64-50-52(48-57)66-55(59)46-43-40-37-34-30-20-17-14-11-8-5-2/h7,10,15-16,18-19,23-24,26-27,29,32,36,39,52-53,57H,4-6,8-9,11-14,17,20-22,25,28,30-31,33-35,37-38,40-51H2,1-3H3,(H,61,62)/b10-7-,18-15-,19-16-,24-23-,27-26-,32-29-,39-36-. The van der Waals surface area contributed by atoms with Crippen LogP contribution >= 0.6 is 7.82 Å². The van der Waals surface area contributed by atoms with Crippen LogP contribution in [0.2, 0.25) is 0 Å². The van der Waals surface area contributed by atoms with E-state index in [4.69, 9.17) is 23.3 Å². The molecule has 12 heteroatoms. The van der Waals surface area contributed by atoms with E-state index in [1.54, 1.807) is 0 Å². The maximum Gasteiger partial charge on any atom is 0.472 e. The molecule has 0 aromatic carbocycles. The summed E-state index contributed by atoms with van der Waals surface area (Å²) in [5, 5.41) is 9.76.